The normalized spacial score (nSPS) is 11.2. The average Bonchev–Trinajstić information content (AvgIpc) is 3.37. The number of aryl methyl sites for hydroxylation is 1. The van der Waals surface area contributed by atoms with Gasteiger partial charge >= 0.3 is 0 Å². The van der Waals surface area contributed by atoms with Crippen LogP contribution in [0, 0.1) is 5.82 Å². The molecular formula is C25H26FN3OS. The van der Waals surface area contributed by atoms with Gasteiger partial charge in [0.1, 0.15) is 5.82 Å². The van der Waals surface area contributed by atoms with E-state index in [1.54, 1.807) is 23.5 Å². The third-order valence-corrected chi connectivity index (χ3v) is 6.27. The molecule has 4 rings (SSSR count). The third kappa shape index (κ3) is 5.20. The van der Waals surface area contributed by atoms with Gasteiger partial charge in [0.05, 0.1) is 5.69 Å². The van der Waals surface area contributed by atoms with Crippen LogP contribution in [0.1, 0.15) is 31.0 Å². The number of fused-ring (bicyclic) bond motifs is 1. The van der Waals surface area contributed by atoms with Gasteiger partial charge in [-0.15, -0.1) is 11.3 Å². The predicted molar refractivity (Wildman–Crippen MR) is 124 cm³/mol. The molecule has 160 valence electrons. The summed E-state index contributed by atoms with van der Waals surface area (Å²) in [7, 11) is 0. The van der Waals surface area contributed by atoms with Crippen LogP contribution >= 0.6 is 11.3 Å². The predicted octanol–water partition coefficient (Wildman–Crippen LogP) is 5.62. The van der Waals surface area contributed by atoms with Crippen LogP contribution in [0.4, 0.5) is 4.39 Å². The van der Waals surface area contributed by atoms with Crippen molar-refractivity contribution in [2.24, 2.45) is 0 Å². The van der Waals surface area contributed by atoms with E-state index in [4.69, 9.17) is 0 Å². The minimum Gasteiger partial charge on any atom is -0.342 e. The summed E-state index contributed by atoms with van der Waals surface area (Å²) < 4.78 is 15.3. The molecule has 6 heteroatoms. The van der Waals surface area contributed by atoms with E-state index in [0.717, 1.165) is 47.7 Å². The monoisotopic (exact) mass is 435 g/mol. The van der Waals surface area contributed by atoms with E-state index in [-0.39, 0.29) is 11.7 Å². The summed E-state index contributed by atoms with van der Waals surface area (Å²) in [6.45, 7) is 3.56. The zero-order valence-corrected chi connectivity index (χ0v) is 18.4. The van der Waals surface area contributed by atoms with Crippen LogP contribution in [0.15, 0.2) is 66.2 Å². The Morgan fingerprint density at radius 2 is 1.84 bits per heavy atom. The molecule has 0 fully saturated rings. The highest BCUT2D eigenvalue weighted by Gasteiger charge is 2.15. The standard InChI is InChI=1S/C25H26FN3OS/c1-2-15-28(24(30)13-8-19-6-4-3-5-7-19)16-14-22-18-31-25-27-23(17-29(22)25)20-9-11-21(26)12-10-20/h3-7,9-12,17-18H,2,8,13-16H2,1H3. The lowest BCUT2D eigenvalue weighted by Gasteiger charge is -2.22. The Morgan fingerprint density at radius 3 is 2.58 bits per heavy atom. The van der Waals surface area contributed by atoms with Gasteiger partial charge in [-0.3, -0.25) is 9.20 Å². The van der Waals surface area contributed by atoms with Crippen molar-refractivity contribution in [2.75, 3.05) is 13.1 Å². The molecule has 0 unspecified atom stereocenters. The van der Waals surface area contributed by atoms with Crippen LogP contribution < -0.4 is 0 Å². The van der Waals surface area contributed by atoms with Gasteiger partial charge in [0, 0.05) is 48.8 Å². The highest BCUT2D eigenvalue weighted by atomic mass is 32.1. The van der Waals surface area contributed by atoms with Crippen molar-refractivity contribution in [1.29, 1.82) is 0 Å². The summed E-state index contributed by atoms with van der Waals surface area (Å²) in [4.78, 5) is 20.4. The number of rotatable bonds is 9. The number of hydrogen-bond acceptors (Lipinski definition) is 3. The number of carbonyl (C=O) groups excluding carboxylic acids is 1. The molecule has 0 spiro atoms. The highest BCUT2D eigenvalue weighted by molar-refractivity contribution is 7.15. The van der Waals surface area contributed by atoms with Gasteiger partial charge in [0.25, 0.3) is 0 Å². The molecule has 2 aromatic heterocycles. The van der Waals surface area contributed by atoms with Crippen LogP contribution in [0.2, 0.25) is 0 Å². The van der Waals surface area contributed by atoms with Crippen molar-refractivity contribution in [3.05, 3.63) is 83.2 Å². The van der Waals surface area contributed by atoms with Crippen LogP contribution in [0.5, 0.6) is 0 Å². The number of imidazole rings is 1. The zero-order valence-electron chi connectivity index (χ0n) is 17.6. The second-order valence-corrected chi connectivity index (χ2v) is 8.47. The van der Waals surface area contributed by atoms with Gasteiger partial charge in [-0.05, 0) is 42.7 Å². The number of thiazole rings is 1. The first-order chi connectivity index (χ1) is 15.1. The molecule has 0 aliphatic rings. The molecule has 2 aromatic carbocycles. The van der Waals surface area contributed by atoms with Gasteiger partial charge < -0.3 is 4.90 Å². The van der Waals surface area contributed by atoms with Gasteiger partial charge in [-0.2, -0.15) is 0 Å². The molecule has 4 nitrogen and oxygen atoms in total. The summed E-state index contributed by atoms with van der Waals surface area (Å²) in [5.74, 6) is -0.0479. The minimum atomic E-state index is -0.251. The topological polar surface area (TPSA) is 37.6 Å². The van der Waals surface area contributed by atoms with Gasteiger partial charge in [-0.1, -0.05) is 37.3 Å². The maximum Gasteiger partial charge on any atom is 0.222 e. The summed E-state index contributed by atoms with van der Waals surface area (Å²) >= 11 is 1.59. The molecular weight excluding hydrogens is 409 g/mol. The lowest BCUT2D eigenvalue weighted by molar-refractivity contribution is -0.131. The highest BCUT2D eigenvalue weighted by Crippen LogP contribution is 2.24. The van der Waals surface area contributed by atoms with E-state index in [1.165, 1.54) is 17.7 Å². The number of nitrogens with zero attached hydrogens (tertiary/aromatic N) is 3. The largest absolute Gasteiger partial charge is 0.342 e. The molecule has 0 radical (unpaired) electrons. The molecule has 0 aliphatic carbocycles. The molecule has 0 aliphatic heterocycles. The molecule has 0 atom stereocenters. The van der Waals surface area contributed by atoms with Crippen molar-refractivity contribution < 1.29 is 9.18 Å². The summed E-state index contributed by atoms with van der Waals surface area (Å²) in [5.41, 5.74) is 4.06. The number of amides is 1. The van der Waals surface area contributed by atoms with Gasteiger partial charge in [0.15, 0.2) is 4.96 Å². The minimum absolute atomic E-state index is 0.204. The fourth-order valence-corrected chi connectivity index (χ4v) is 4.61. The number of benzene rings is 2. The number of aromatic nitrogens is 2. The van der Waals surface area contributed by atoms with Gasteiger partial charge in [0.2, 0.25) is 5.91 Å². The third-order valence-electron chi connectivity index (χ3n) is 5.38. The van der Waals surface area contributed by atoms with Gasteiger partial charge in [-0.25, -0.2) is 9.37 Å². The van der Waals surface area contributed by atoms with E-state index in [2.05, 4.69) is 33.8 Å². The van der Waals surface area contributed by atoms with Crippen LogP contribution in [0.25, 0.3) is 16.2 Å². The smallest absolute Gasteiger partial charge is 0.222 e. The average molecular weight is 436 g/mol. The molecule has 0 bridgehead atoms. The van der Waals surface area contributed by atoms with Crippen molar-refractivity contribution >= 4 is 22.2 Å². The lowest BCUT2D eigenvalue weighted by Crippen LogP contribution is -2.34. The second kappa shape index (κ2) is 9.88. The number of halogens is 1. The Balaban J connectivity index is 1.42. The lowest BCUT2D eigenvalue weighted by atomic mass is 10.1. The van der Waals surface area contributed by atoms with Crippen LogP contribution in [-0.4, -0.2) is 33.3 Å². The van der Waals surface area contributed by atoms with E-state index in [0.29, 0.717) is 13.0 Å². The van der Waals surface area contributed by atoms with Crippen LogP contribution in [-0.2, 0) is 17.6 Å². The van der Waals surface area contributed by atoms with E-state index in [1.807, 2.05) is 29.3 Å². The van der Waals surface area contributed by atoms with Crippen molar-refractivity contribution in [2.45, 2.75) is 32.6 Å². The molecule has 0 saturated carbocycles. The van der Waals surface area contributed by atoms with Crippen molar-refractivity contribution in [3.8, 4) is 11.3 Å². The quantitative estimate of drug-likeness (QED) is 0.342. The Bertz CT molecular complexity index is 1130. The zero-order chi connectivity index (χ0) is 21.6. The van der Waals surface area contributed by atoms with Crippen molar-refractivity contribution in [3.63, 3.8) is 0 Å². The maximum atomic E-state index is 13.2. The molecule has 0 N–H and O–H groups in total. The maximum absolute atomic E-state index is 13.2. The first-order valence-corrected chi connectivity index (χ1v) is 11.5. The molecule has 31 heavy (non-hydrogen) atoms. The van der Waals surface area contributed by atoms with E-state index in [9.17, 15) is 9.18 Å². The first-order valence-electron chi connectivity index (χ1n) is 10.7. The Hall–Kier alpha value is -2.99. The van der Waals surface area contributed by atoms with Crippen molar-refractivity contribution in [1.82, 2.24) is 14.3 Å². The summed E-state index contributed by atoms with van der Waals surface area (Å²) in [6.07, 6.45) is 5.01. The Kier molecular flexibility index (Phi) is 6.77. The second-order valence-electron chi connectivity index (χ2n) is 7.63. The SMILES string of the molecule is CCCN(CCc1csc2nc(-c3ccc(F)cc3)cn12)C(=O)CCc1ccccc1. The fourth-order valence-electron chi connectivity index (χ4n) is 3.70. The molecule has 0 saturated heterocycles. The first kappa shape index (κ1) is 21.2. The van der Waals surface area contributed by atoms with Crippen LogP contribution in [0.3, 0.4) is 0 Å². The Morgan fingerprint density at radius 1 is 1.06 bits per heavy atom. The number of hydrogen-bond donors (Lipinski definition) is 0. The molecule has 4 aromatic rings. The molecule has 2 heterocycles. The molecule has 1 amide bonds. The summed E-state index contributed by atoms with van der Waals surface area (Å²) in [6, 6.07) is 16.5. The number of carbonyl (C=O) groups is 1. The van der Waals surface area contributed by atoms with E-state index < -0.39 is 0 Å². The summed E-state index contributed by atoms with van der Waals surface area (Å²) in [5, 5.41) is 2.11. The van der Waals surface area contributed by atoms with E-state index >= 15 is 0 Å². The Labute approximate surface area is 186 Å². The fraction of sp³-hybridized carbons (Fsp3) is 0.280.